The molecule has 0 aliphatic heterocycles. The fourth-order valence-electron chi connectivity index (χ4n) is 1.56. The summed E-state index contributed by atoms with van der Waals surface area (Å²) >= 11 is 11.8. The van der Waals surface area contributed by atoms with Crippen LogP contribution in [0, 0.1) is 5.82 Å². The molecule has 2 aromatic rings. The Balaban J connectivity index is 2.31. The summed E-state index contributed by atoms with van der Waals surface area (Å²) in [5.74, 6) is -0.230. The zero-order chi connectivity index (χ0) is 14.0. The van der Waals surface area contributed by atoms with Crippen molar-refractivity contribution in [2.75, 3.05) is 0 Å². The smallest absolute Gasteiger partial charge is 0.184 e. The Morgan fingerprint density at radius 1 is 1.11 bits per heavy atom. The molecule has 0 aliphatic rings. The number of hydrogen-bond acceptors (Lipinski definition) is 2. The van der Waals surface area contributed by atoms with Gasteiger partial charge in [0.15, 0.2) is 11.6 Å². The maximum Gasteiger partial charge on any atom is 0.184 e. The summed E-state index contributed by atoms with van der Waals surface area (Å²) in [6.07, 6.45) is 0. The molecular weight excluding hydrogens is 288 g/mol. The van der Waals surface area contributed by atoms with Crippen LogP contribution in [0.5, 0.6) is 11.5 Å². The first-order valence-corrected chi connectivity index (χ1v) is 6.41. The Morgan fingerprint density at radius 3 is 2.47 bits per heavy atom. The Morgan fingerprint density at radius 2 is 1.84 bits per heavy atom. The van der Waals surface area contributed by atoms with Crippen LogP contribution in [-0.4, -0.2) is 0 Å². The second-order valence-corrected chi connectivity index (χ2v) is 4.95. The highest BCUT2D eigenvalue weighted by atomic mass is 35.5. The third-order valence-corrected chi connectivity index (χ3v) is 3.21. The average molecular weight is 300 g/mol. The van der Waals surface area contributed by atoms with Gasteiger partial charge in [-0.25, -0.2) is 4.39 Å². The molecule has 0 heterocycles. The molecule has 0 fully saturated rings. The van der Waals surface area contributed by atoms with Gasteiger partial charge in [0.25, 0.3) is 0 Å². The minimum absolute atomic E-state index is 0.000762. The van der Waals surface area contributed by atoms with Crippen molar-refractivity contribution in [2.24, 2.45) is 5.73 Å². The number of benzene rings is 2. The maximum atomic E-state index is 13.7. The summed E-state index contributed by atoms with van der Waals surface area (Å²) in [6, 6.07) is 9.54. The molecule has 1 atom stereocenters. The van der Waals surface area contributed by atoms with Crippen molar-refractivity contribution >= 4 is 23.2 Å². The molecule has 2 nitrogen and oxygen atoms in total. The van der Waals surface area contributed by atoms with Crippen molar-refractivity contribution in [1.29, 1.82) is 0 Å². The standard InChI is InChI=1S/C14H12Cl2FNO/c1-8(18)9-5-6-12(11(16)7-9)19-13-4-2-3-10(15)14(13)17/h2-8H,18H2,1H3/t8-/m0/s1. The van der Waals surface area contributed by atoms with Crippen LogP contribution < -0.4 is 10.5 Å². The fraction of sp³-hybridized carbons (Fsp3) is 0.143. The number of rotatable bonds is 3. The van der Waals surface area contributed by atoms with E-state index in [1.54, 1.807) is 24.3 Å². The summed E-state index contributed by atoms with van der Waals surface area (Å²) in [4.78, 5) is 0. The molecule has 0 unspecified atom stereocenters. The Hall–Kier alpha value is -1.29. The van der Waals surface area contributed by atoms with Gasteiger partial charge in [0.05, 0.1) is 10.0 Å². The van der Waals surface area contributed by atoms with Gasteiger partial charge in [-0.2, -0.15) is 0 Å². The summed E-state index contributed by atoms with van der Waals surface area (Å²) in [6.45, 7) is 1.85. The number of nitrogens with two attached hydrogens (primary N) is 1. The van der Waals surface area contributed by atoms with E-state index in [1.165, 1.54) is 12.1 Å². The maximum absolute atomic E-state index is 13.7. The van der Waals surface area contributed by atoms with E-state index in [0.717, 1.165) is 5.56 Å². The summed E-state index contributed by atoms with van der Waals surface area (Å²) in [5, 5.41) is 0.370. The van der Waals surface area contributed by atoms with Crippen LogP contribution in [0.2, 0.25) is 10.0 Å². The van der Waals surface area contributed by atoms with Gasteiger partial charge in [-0.3, -0.25) is 0 Å². The summed E-state index contributed by atoms with van der Waals surface area (Å²) in [5.41, 5.74) is 6.63. The number of halogens is 3. The molecule has 0 saturated carbocycles. The lowest BCUT2D eigenvalue weighted by molar-refractivity contribution is 0.442. The van der Waals surface area contributed by atoms with Gasteiger partial charge in [-0.1, -0.05) is 35.3 Å². The van der Waals surface area contributed by atoms with Crippen molar-refractivity contribution in [1.82, 2.24) is 0 Å². The van der Waals surface area contributed by atoms with Crippen molar-refractivity contribution < 1.29 is 9.13 Å². The zero-order valence-electron chi connectivity index (χ0n) is 10.2. The van der Waals surface area contributed by atoms with Gasteiger partial charge in [-0.15, -0.1) is 0 Å². The number of hydrogen-bond donors (Lipinski definition) is 1. The van der Waals surface area contributed by atoms with E-state index in [4.69, 9.17) is 33.7 Å². The van der Waals surface area contributed by atoms with Crippen LogP contribution in [0.1, 0.15) is 18.5 Å². The molecule has 0 aromatic heterocycles. The van der Waals surface area contributed by atoms with Crippen LogP contribution in [0.25, 0.3) is 0 Å². The van der Waals surface area contributed by atoms with E-state index >= 15 is 0 Å². The van der Waals surface area contributed by atoms with E-state index in [-0.39, 0.29) is 16.8 Å². The summed E-state index contributed by atoms with van der Waals surface area (Å²) in [7, 11) is 0. The molecular formula is C14H12Cl2FNO. The minimum Gasteiger partial charge on any atom is -0.453 e. The second kappa shape index (κ2) is 5.78. The van der Waals surface area contributed by atoms with Crippen LogP contribution in [0.15, 0.2) is 36.4 Å². The van der Waals surface area contributed by atoms with Crippen LogP contribution >= 0.6 is 23.2 Å². The second-order valence-electron chi connectivity index (χ2n) is 4.13. The van der Waals surface area contributed by atoms with Gasteiger partial charge >= 0.3 is 0 Å². The monoisotopic (exact) mass is 299 g/mol. The SMILES string of the molecule is C[C@H](N)c1ccc(Oc2cccc(Cl)c2F)c(Cl)c1. The molecule has 5 heteroatoms. The van der Waals surface area contributed by atoms with E-state index in [2.05, 4.69) is 0 Å². The lowest BCUT2D eigenvalue weighted by atomic mass is 10.1. The molecule has 0 saturated heterocycles. The molecule has 0 aliphatic carbocycles. The molecule has 2 aromatic carbocycles. The molecule has 19 heavy (non-hydrogen) atoms. The summed E-state index contributed by atoms with van der Waals surface area (Å²) < 4.78 is 19.1. The van der Waals surface area contributed by atoms with Crippen LogP contribution in [0.3, 0.4) is 0 Å². The lowest BCUT2D eigenvalue weighted by Crippen LogP contribution is -2.04. The molecule has 2 rings (SSSR count). The molecule has 100 valence electrons. The highest BCUT2D eigenvalue weighted by molar-refractivity contribution is 6.32. The van der Waals surface area contributed by atoms with Crippen molar-refractivity contribution in [3.63, 3.8) is 0 Å². The number of ether oxygens (including phenoxy) is 1. The highest BCUT2D eigenvalue weighted by Gasteiger charge is 2.11. The molecule has 0 bridgehead atoms. The first kappa shape index (κ1) is 14.1. The van der Waals surface area contributed by atoms with Crippen LogP contribution in [0.4, 0.5) is 4.39 Å². The largest absolute Gasteiger partial charge is 0.453 e. The van der Waals surface area contributed by atoms with E-state index in [1.807, 2.05) is 6.92 Å². The predicted octanol–water partition coefficient (Wildman–Crippen LogP) is 4.94. The lowest BCUT2D eigenvalue weighted by Gasteiger charge is -2.11. The van der Waals surface area contributed by atoms with E-state index < -0.39 is 5.82 Å². The Labute approximate surface area is 120 Å². The molecule has 0 spiro atoms. The first-order chi connectivity index (χ1) is 8.99. The first-order valence-electron chi connectivity index (χ1n) is 5.66. The zero-order valence-corrected chi connectivity index (χ0v) is 11.7. The van der Waals surface area contributed by atoms with Crippen molar-refractivity contribution in [3.8, 4) is 11.5 Å². The predicted molar refractivity (Wildman–Crippen MR) is 75.5 cm³/mol. The molecule has 2 N–H and O–H groups in total. The molecule has 0 amide bonds. The quantitative estimate of drug-likeness (QED) is 0.871. The highest BCUT2D eigenvalue weighted by Crippen LogP contribution is 2.34. The van der Waals surface area contributed by atoms with Gasteiger partial charge < -0.3 is 10.5 Å². The van der Waals surface area contributed by atoms with Crippen molar-refractivity contribution in [3.05, 3.63) is 57.8 Å². The van der Waals surface area contributed by atoms with Crippen LogP contribution in [-0.2, 0) is 0 Å². The Bertz CT molecular complexity index is 602. The topological polar surface area (TPSA) is 35.2 Å². The van der Waals surface area contributed by atoms with Gasteiger partial charge in [0, 0.05) is 6.04 Å². The fourth-order valence-corrected chi connectivity index (χ4v) is 1.96. The average Bonchev–Trinajstić information content (AvgIpc) is 2.37. The van der Waals surface area contributed by atoms with E-state index in [9.17, 15) is 4.39 Å². The minimum atomic E-state index is -0.614. The third kappa shape index (κ3) is 3.18. The van der Waals surface area contributed by atoms with Crippen molar-refractivity contribution in [2.45, 2.75) is 13.0 Å². The van der Waals surface area contributed by atoms with E-state index in [0.29, 0.717) is 10.8 Å². The van der Waals surface area contributed by atoms with Gasteiger partial charge in [0.1, 0.15) is 5.75 Å². The third-order valence-electron chi connectivity index (χ3n) is 2.62. The molecule has 0 radical (unpaired) electrons. The van der Waals surface area contributed by atoms with Gasteiger partial charge in [0.2, 0.25) is 0 Å². The van der Waals surface area contributed by atoms with Gasteiger partial charge in [-0.05, 0) is 36.8 Å². The normalized spacial score (nSPS) is 12.3. The Kier molecular flexibility index (Phi) is 4.30.